The fourth-order valence-electron chi connectivity index (χ4n) is 1.37. The van der Waals surface area contributed by atoms with Crippen molar-refractivity contribution in [1.29, 1.82) is 0 Å². The molecular formula is C9H14N2O. The standard InChI is InChI=1S/C9H14N2O/c1-11-6-8(5-10-11)3-2-4-9-7-12-9/h5-6,9H,2-4,7H2,1H3. The molecule has 1 saturated heterocycles. The first-order valence-electron chi connectivity index (χ1n) is 4.44. The SMILES string of the molecule is Cn1cc(CCCC2CO2)cn1. The average molecular weight is 166 g/mol. The van der Waals surface area contributed by atoms with Crippen LogP contribution in [0.3, 0.4) is 0 Å². The Morgan fingerprint density at radius 1 is 1.75 bits per heavy atom. The summed E-state index contributed by atoms with van der Waals surface area (Å²) in [5.74, 6) is 0. The van der Waals surface area contributed by atoms with Crippen molar-refractivity contribution in [2.75, 3.05) is 6.61 Å². The molecular weight excluding hydrogens is 152 g/mol. The van der Waals surface area contributed by atoms with E-state index in [1.54, 1.807) is 0 Å². The molecule has 0 aromatic carbocycles. The number of rotatable bonds is 4. The molecule has 0 N–H and O–H groups in total. The maximum absolute atomic E-state index is 5.13. The Balaban J connectivity index is 1.71. The van der Waals surface area contributed by atoms with Crippen molar-refractivity contribution in [2.45, 2.75) is 25.4 Å². The lowest BCUT2D eigenvalue weighted by atomic mass is 10.1. The summed E-state index contributed by atoms with van der Waals surface area (Å²) in [7, 11) is 1.95. The maximum Gasteiger partial charge on any atom is 0.0810 e. The highest BCUT2D eigenvalue weighted by atomic mass is 16.6. The summed E-state index contributed by atoms with van der Waals surface area (Å²) in [5, 5.41) is 4.12. The van der Waals surface area contributed by atoms with Gasteiger partial charge in [0, 0.05) is 13.2 Å². The summed E-state index contributed by atoms with van der Waals surface area (Å²) in [5.41, 5.74) is 1.33. The molecule has 1 fully saturated rings. The zero-order chi connectivity index (χ0) is 8.39. The Hall–Kier alpha value is -0.830. The fraction of sp³-hybridized carbons (Fsp3) is 0.667. The van der Waals surface area contributed by atoms with Crippen molar-refractivity contribution in [2.24, 2.45) is 7.05 Å². The lowest BCUT2D eigenvalue weighted by molar-refractivity contribution is 0.392. The highest BCUT2D eigenvalue weighted by Crippen LogP contribution is 2.16. The predicted octanol–water partition coefficient (Wildman–Crippen LogP) is 1.14. The number of aromatic nitrogens is 2. The van der Waals surface area contributed by atoms with Gasteiger partial charge < -0.3 is 4.74 Å². The van der Waals surface area contributed by atoms with Crippen LogP contribution in [0.1, 0.15) is 18.4 Å². The molecule has 0 aliphatic carbocycles. The third-order valence-electron chi connectivity index (χ3n) is 2.15. The normalized spacial score (nSPS) is 21.2. The van der Waals surface area contributed by atoms with Crippen LogP contribution in [-0.4, -0.2) is 22.5 Å². The molecule has 1 atom stereocenters. The minimum Gasteiger partial charge on any atom is -0.373 e. The van der Waals surface area contributed by atoms with E-state index in [1.165, 1.54) is 18.4 Å². The second kappa shape index (κ2) is 3.27. The summed E-state index contributed by atoms with van der Waals surface area (Å²) in [4.78, 5) is 0. The Morgan fingerprint density at radius 3 is 3.17 bits per heavy atom. The molecule has 2 heterocycles. The first-order valence-corrected chi connectivity index (χ1v) is 4.44. The van der Waals surface area contributed by atoms with Gasteiger partial charge in [0.05, 0.1) is 18.9 Å². The van der Waals surface area contributed by atoms with Crippen molar-refractivity contribution in [3.8, 4) is 0 Å². The summed E-state index contributed by atoms with van der Waals surface area (Å²) in [6.45, 7) is 0.979. The average Bonchev–Trinajstić information content (AvgIpc) is 2.76. The smallest absolute Gasteiger partial charge is 0.0810 e. The highest BCUT2D eigenvalue weighted by molar-refractivity contribution is 5.03. The molecule has 3 nitrogen and oxygen atoms in total. The third-order valence-corrected chi connectivity index (χ3v) is 2.15. The number of nitrogens with zero attached hydrogens (tertiary/aromatic N) is 2. The number of hydrogen-bond acceptors (Lipinski definition) is 2. The second-order valence-electron chi connectivity index (χ2n) is 3.37. The van der Waals surface area contributed by atoms with E-state index < -0.39 is 0 Å². The van der Waals surface area contributed by atoms with E-state index in [0.29, 0.717) is 6.10 Å². The molecule has 0 amide bonds. The number of hydrogen-bond donors (Lipinski definition) is 0. The van der Waals surface area contributed by atoms with Gasteiger partial charge in [0.15, 0.2) is 0 Å². The molecule has 66 valence electrons. The van der Waals surface area contributed by atoms with E-state index in [9.17, 15) is 0 Å². The van der Waals surface area contributed by atoms with Crippen LogP contribution in [0, 0.1) is 0 Å². The number of ether oxygens (including phenoxy) is 1. The summed E-state index contributed by atoms with van der Waals surface area (Å²) in [6.07, 6.45) is 8.14. The topological polar surface area (TPSA) is 30.4 Å². The van der Waals surface area contributed by atoms with Gasteiger partial charge in [-0.1, -0.05) is 0 Å². The lowest BCUT2D eigenvalue weighted by Crippen LogP contribution is -1.89. The minimum absolute atomic E-state index is 0.571. The van der Waals surface area contributed by atoms with Crippen LogP contribution in [0.4, 0.5) is 0 Å². The van der Waals surface area contributed by atoms with Crippen molar-refractivity contribution >= 4 is 0 Å². The van der Waals surface area contributed by atoms with Gasteiger partial charge in [0.2, 0.25) is 0 Å². The zero-order valence-electron chi connectivity index (χ0n) is 7.36. The second-order valence-corrected chi connectivity index (χ2v) is 3.37. The molecule has 1 aliphatic rings. The van der Waals surface area contributed by atoms with E-state index in [2.05, 4.69) is 11.3 Å². The Morgan fingerprint density at radius 2 is 2.58 bits per heavy atom. The van der Waals surface area contributed by atoms with E-state index >= 15 is 0 Å². The van der Waals surface area contributed by atoms with Gasteiger partial charge in [0.1, 0.15) is 0 Å². The van der Waals surface area contributed by atoms with Gasteiger partial charge >= 0.3 is 0 Å². The molecule has 1 unspecified atom stereocenters. The number of aryl methyl sites for hydroxylation is 2. The molecule has 12 heavy (non-hydrogen) atoms. The molecule has 1 aromatic rings. The molecule has 2 rings (SSSR count). The van der Waals surface area contributed by atoms with Gasteiger partial charge in [-0.3, -0.25) is 4.68 Å². The highest BCUT2D eigenvalue weighted by Gasteiger charge is 2.21. The monoisotopic (exact) mass is 166 g/mol. The largest absolute Gasteiger partial charge is 0.373 e. The molecule has 0 radical (unpaired) electrons. The Bertz CT molecular complexity index is 253. The van der Waals surface area contributed by atoms with Crippen LogP contribution in [0.5, 0.6) is 0 Å². The molecule has 0 bridgehead atoms. The summed E-state index contributed by atoms with van der Waals surface area (Å²) < 4.78 is 6.98. The van der Waals surface area contributed by atoms with Crippen molar-refractivity contribution in [3.05, 3.63) is 18.0 Å². The van der Waals surface area contributed by atoms with E-state index in [4.69, 9.17) is 4.74 Å². The molecule has 1 aromatic heterocycles. The quantitative estimate of drug-likeness (QED) is 0.628. The van der Waals surface area contributed by atoms with Gasteiger partial charge in [-0.25, -0.2) is 0 Å². The van der Waals surface area contributed by atoms with Crippen LogP contribution in [0.2, 0.25) is 0 Å². The van der Waals surface area contributed by atoms with Crippen molar-refractivity contribution in [3.63, 3.8) is 0 Å². The van der Waals surface area contributed by atoms with Crippen LogP contribution in [0.25, 0.3) is 0 Å². The van der Waals surface area contributed by atoms with Crippen LogP contribution in [-0.2, 0) is 18.2 Å². The first kappa shape index (κ1) is 7.80. The van der Waals surface area contributed by atoms with Crippen molar-refractivity contribution in [1.82, 2.24) is 9.78 Å². The van der Waals surface area contributed by atoms with Gasteiger partial charge in [-0.05, 0) is 24.8 Å². The van der Waals surface area contributed by atoms with Crippen LogP contribution >= 0.6 is 0 Å². The third kappa shape index (κ3) is 2.08. The number of epoxide rings is 1. The Labute approximate surface area is 72.3 Å². The van der Waals surface area contributed by atoms with Crippen molar-refractivity contribution < 1.29 is 4.74 Å². The van der Waals surface area contributed by atoms with Gasteiger partial charge in [0.25, 0.3) is 0 Å². The molecule has 0 saturated carbocycles. The molecule has 0 spiro atoms. The van der Waals surface area contributed by atoms with E-state index in [-0.39, 0.29) is 0 Å². The molecule has 3 heteroatoms. The summed E-state index contributed by atoms with van der Waals surface area (Å²) in [6, 6.07) is 0. The molecule has 1 aliphatic heterocycles. The van der Waals surface area contributed by atoms with E-state index in [1.807, 2.05) is 17.9 Å². The minimum atomic E-state index is 0.571. The van der Waals surface area contributed by atoms with Crippen LogP contribution in [0.15, 0.2) is 12.4 Å². The Kier molecular flexibility index (Phi) is 2.13. The predicted molar refractivity (Wildman–Crippen MR) is 45.9 cm³/mol. The maximum atomic E-state index is 5.13. The first-order chi connectivity index (χ1) is 5.84. The zero-order valence-corrected chi connectivity index (χ0v) is 7.36. The van der Waals surface area contributed by atoms with Gasteiger partial charge in [-0.15, -0.1) is 0 Å². The van der Waals surface area contributed by atoms with Gasteiger partial charge in [-0.2, -0.15) is 5.10 Å². The fourth-order valence-corrected chi connectivity index (χ4v) is 1.37. The summed E-state index contributed by atoms with van der Waals surface area (Å²) >= 11 is 0. The van der Waals surface area contributed by atoms with Crippen LogP contribution < -0.4 is 0 Å². The van der Waals surface area contributed by atoms with E-state index in [0.717, 1.165) is 13.0 Å². The lowest BCUT2D eigenvalue weighted by Gasteiger charge is -1.93.